The summed E-state index contributed by atoms with van der Waals surface area (Å²) in [5.74, 6) is -1.13. The number of hydrogen-bond acceptors (Lipinski definition) is 2. The fourth-order valence-corrected chi connectivity index (χ4v) is 1.97. The average molecular weight is 284 g/mol. The summed E-state index contributed by atoms with van der Waals surface area (Å²) in [5.41, 5.74) is 0.692. The third-order valence-electron chi connectivity index (χ3n) is 2.68. The van der Waals surface area contributed by atoms with Gasteiger partial charge in [0.25, 0.3) is 0 Å². The Morgan fingerprint density at radius 3 is 2.63 bits per heavy atom. The number of hydrogen-bond donors (Lipinski definition) is 2. The van der Waals surface area contributed by atoms with Crippen molar-refractivity contribution >= 4 is 17.3 Å². The fourth-order valence-electron chi connectivity index (χ4n) is 1.78. The van der Waals surface area contributed by atoms with Crippen molar-refractivity contribution in [3.63, 3.8) is 0 Å². The number of benzene rings is 2. The number of rotatable bonds is 4. The van der Waals surface area contributed by atoms with Crippen LogP contribution in [0.15, 0.2) is 42.5 Å². The Morgan fingerprint density at radius 1 is 1.16 bits per heavy atom. The first kappa shape index (κ1) is 13.8. The molecule has 2 rings (SSSR count). The van der Waals surface area contributed by atoms with Crippen LogP contribution in [0.3, 0.4) is 0 Å². The van der Waals surface area contributed by atoms with Gasteiger partial charge in [-0.3, -0.25) is 0 Å². The maximum atomic E-state index is 13.6. The predicted octanol–water partition coefficient (Wildman–Crippen LogP) is 3.76. The van der Waals surface area contributed by atoms with Gasteiger partial charge in [-0.25, -0.2) is 8.78 Å². The van der Waals surface area contributed by atoms with Crippen LogP contribution in [0.2, 0.25) is 5.02 Å². The van der Waals surface area contributed by atoms with Crippen LogP contribution in [-0.4, -0.2) is 11.7 Å². The molecule has 5 heteroatoms. The zero-order valence-corrected chi connectivity index (χ0v) is 10.7. The standard InChI is InChI=1S/C14H12ClF2NO/c15-9-2-1-3-11(6-9)18-14(8-19)12-7-10(16)4-5-13(12)17/h1-7,14,18-19H,8H2. The lowest BCUT2D eigenvalue weighted by molar-refractivity contribution is 0.273. The number of halogens is 3. The van der Waals surface area contributed by atoms with Gasteiger partial charge in [0.05, 0.1) is 12.6 Å². The summed E-state index contributed by atoms with van der Waals surface area (Å²) in [6.07, 6.45) is 0. The van der Waals surface area contributed by atoms with Crippen LogP contribution in [0.25, 0.3) is 0 Å². The molecular formula is C14H12ClF2NO. The molecule has 2 N–H and O–H groups in total. The highest BCUT2D eigenvalue weighted by Crippen LogP contribution is 2.24. The van der Waals surface area contributed by atoms with Gasteiger partial charge in [0.1, 0.15) is 11.6 Å². The summed E-state index contributed by atoms with van der Waals surface area (Å²) in [6, 6.07) is 9.18. The topological polar surface area (TPSA) is 32.3 Å². The molecule has 2 aromatic rings. The highest BCUT2D eigenvalue weighted by molar-refractivity contribution is 6.30. The summed E-state index contributed by atoms with van der Waals surface area (Å²) in [5, 5.41) is 12.8. The number of anilines is 1. The molecule has 0 saturated carbocycles. The molecule has 0 aliphatic carbocycles. The molecule has 0 saturated heterocycles. The Labute approximate surface area is 114 Å². The van der Waals surface area contributed by atoms with E-state index in [0.717, 1.165) is 18.2 Å². The maximum Gasteiger partial charge on any atom is 0.128 e. The van der Waals surface area contributed by atoms with Gasteiger partial charge in [0, 0.05) is 16.3 Å². The van der Waals surface area contributed by atoms with Crippen molar-refractivity contribution in [2.75, 3.05) is 11.9 Å². The van der Waals surface area contributed by atoms with Crippen LogP contribution < -0.4 is 5.32 Å². The lowest BCUT2D eigenvalue weighted by Crippen LogP contribution is -2.16. The highest BCUT2D eigenvalue weighted by atomic mass is 35.5. The average Bonchev–Trinajstić information content (AvgIpc) is 2.39. The van der Waals surface area contributed by atoms with Crippen LogP contribution in [0.4, 0.5) is 14.5 Å². The molecule has 0 amide bonds. The molecule has 1 unspecified atom stereocenters. The lowest BCUT2D eigenvalue weighted by Gasteiger charge is -2.19. The molecule has 100 valence electrons. The van der Waals surface area contributed by atoms with E-state index in [2.05, 4.69) is 5.32 Å². The minimum atomic E-state index is -0.742. The second-order valence-electron chi connectivity index (χ2n) is 4.06. The summed E-state index contributed by atoms with van der Waals surface area (Å²) in [7, 11) is 0. The van der Waals surface area contributed by atoms with Crippen molar-refractivity contribution in [1.29, 1.82) is 0 Å². The Balaban J connectivity index is 2.27. The lowest BCUT2D eigenvalue weighted by atomic mass is 10.1. The van der Waals surface area contributed by atoms with E-state index in [4.69, 9.17) is 11.6 Å². The molecule has 0 aromatic heterocycles. The van der Waals surface area contributed by atoms with E-state index in [1.54, 1.807) is 24.3 Å². The first-order valence-corrected chi connectivity index (χ1v) is 6.06. The monoisotopic (exact) mass is 283 g/mol. The second kappa shape index (κ2) is 5.99. The van der Waals surface area contributed by atoms with Crippen LogP contribution in [0.1, 0.15) is 11.6 Å². The fraction of sp³-hybridized carbons (Fsp3) is 0.143. The van der Waals surface area contributed by atoms with Gasteiger partial charge in [0.15, 0.2) is 0 Å². The summed E-state index contributed by atoms with van der Waals surface area (Å²) >= 11 is 5.84. The van der Waals surface area contributed by atoms with Gasteiger partial charge in [-0.2, -0.15) is 0 Å². The normalized spacial score (nSPS) is 12.2. The van der Waals surface area contributed by atoms with E-state index < -0.39 is 17.7 Å². The van der Waals surface area contributed by atoms with Gasteiger partial charge in [-0.05, 0) is 36.4 Å². The number of aliphatic hydroxyl groups excluding tert-OH is 1. The quantitative estimate of drug-likeness (QED) is 0.895. The van der Waals surface area contributed by atoms with Crippen molar-refractivity contribution in [2.24, 2.45) is 0 Å². The molecule has 0 aliphatic rings. The van der Waals surface area contributed by atoms with Crippen LogP contribution in [-0.2, 0) is 0 Å². The van der Waals surface area contributed by atoms with E-state index in [1.807, 2.05) is 0 Å². The molecule has 0 spiro atoms. The molecule has 0 radical (unpaired) electrons. The van der Waals surface area contributed by atoms with E-state index in [9.17, 15) is 13.9 Å². The summed E-state index contributed by atoms with van der Waals surface area (Å²) in [4.78, 5) is 0. The Kier molecular flexibility index (Phi) is 4.35. The number of nitrogens with one attached hydrogen (secondary N) is 1. The van der Waals surface area contributed by atoms with Crippen molar-refractivity contribution in [1.82, 2.24) is 0 Å². The van der Waals surface area contributed by atoms with Gasteiger partial charge in [-0.15, -0.1) is 0 Å². The largest absolute Gasteiger partial charge is 0.394 e. The minimum absolute atomic E-state index is 0.0717. The minimum Gasteiger partial charge on any atom is -0.394 e. The molecule has 0 fully saturated rings. The SMILES string of the molecule is OCC(Nc1cccc(Cl)c1)c1cc(F)ccc1F. The Hall–Kier alpha value is -1.65. The van der Waals surface area contributed by atoms with E-state index in [1.165, 1.54) is 0 Å². The zero-order chi connectivity index (χ0) is 13.8. The smallest absolute Gasteiger partial charge is 0.128 e. The third kappa shape index (κ3) is 3.43. The van der Waals surface area contributed by atoms with Crippen molar-refractivity contribution in [3.8, 4) is 0 Å². The van der Waals surface area contributed by atoms with Gasteiger partial charge < -0.3 is 10.4 Å². The van der Waals surface area contributed by atoms with E-state index in [0.29, 0.717) is 10.7 Å². The molecule has 19 heavy (non-hydrogen) atoms. The van der Waals surface area contributed by atoms with Crippen molar-refractivity contribution < 1.29 is 13.9 Å². The van der Waals surface area contributed by atoms with Crippen LogP contribution in [0.5, 0.6) is 0 Å². The van der Waals surface area contributed by atoms with Gasteiger partial charge in [-0.1, -0.05) is 17.7 Å². The molecule has 2 nitrogen and oxygen atoms in total. The maximum absolute atomic E-state index is 13.6. The zero-order valence-electron chi connectivity index (χ0n) is 9.91. The predicted molar refractivity (Wildman–Crippen MR) is 71.3 cm³/mol. The second-order valence-corrected chi connectivity index (χ2v) is 4.49. The molecule has 0 bridgehead atoms. The highest BCUT2D eigenvalue weighted by Gasteiger charge is 2.15. The Bertz CT molecular complexity index is 577. The molecular weight excluding hydrogens is 272 g/mol. The van der Waals surface area contributed by atoms with E-state index in [-0.39, 0.29) is 12.2 Å². The molecule has 0 aliphatic heterocycles. The van der Waals surface area contributed by atoms with Gasteiger partial charge >= 0.3 is 0 Å². The Morgan fingerprint density at radius 2 is 1.95 bits per heavy atom. The van der Waals surface area contributed by atoms with Gasteiger partial charge in [0.2, 0.25) is 0 Å². The van der Waals surface area contributed by atoms with Crippen molar-refractivity contribution in [2.45, 2.75) is 6.04 Å². The molecule has 1 atom stereocenters. The van der Waals surface area contributed by atoms with Crippen LogP contribution in [0, 0.1) is 11.6 Å². The molecule has 2 aromatic carbocycles. The summed E-state index contributed by atoms with van der Waals surface area (Å²) < 4.78 is 26.8. The first-order valence-electron chi connectivity index (χ1n) is 5.68. The van der Waals surface area contributed by atoms with Crippen LogP contribution >= 0.6 is 11.6 Å². The molecule has 0 heterocycles. The third-order valence-corrected chi connectivity index (χ3v) is 2.92. The number of aliphatic hydroxyl groups is 1. The van der Waals surface area contributed by atoms with E-state index >= 15 is 0 Å². The van der Waals surface area contributed by atoms with Crippen molar-refractivity contribution in [3.05, 3.63) is 64.7 Å². The summed E-state index contributed by atoms with van der Waals surface area (Å²) in [6.45, 7) is -0.368. The first-order chi connectivity index (χ1) is 9.10.